The number of nitrogens with zero attached hydrogens (tertiary/aromatic N) is 2. The number of sulfonamides is 1. The molecule has 1 aromatic carbocycles. The highest BCUT2D eigenvalue weighted by atomic mass is 32.2. The summed E-state index contributed by atoms with van der Waals surface area (Å²) in [6.07, 6.45) is 3.05. The molecule has 0 amide bonds. The predicted octanol–water partition coefficient (Wildman–Crippen LogP) is 1.88. The number of aryl methyl sites for hydroxylation is 1. The molecule has 1 atom stereocenters. The molecule has 1 fully saturated rings. The Morgan fingerprint density at radius 1 is 1.29 bits per heavy atom. The van der Waals surface area contributed by atoms with Gasteiger partial charge in [-0.05, 0) is 38.7 Å². The van der Waals surface area contributed by atoms with Crippen LogP contribution in [0.1, 0.15) is 37.3 Å². The molecular formula is C20H34N4O3S. The predicted molar refractivity (Wildman–Crippen MR) is 114 cm³/mol. The highest BCUT2D eigenvalue weighted by Gasteiger charge is 2.17. The summed E-state index contributed by atoms with van der Waals surface area (Å²) in [6, 6.07) is 8.36. The van der Waals surface area contributed by atoms with Gasteiger partial charge in [-0.3, -0.25) is 4.99 Å². The topological polar surface area (TPSA) is 83.0 Å². The minimum absolute atomic E-state index is 0.00927. The molecule has 0 aromatic heterocycles. The van der Waals surface area contributed by atoms with Gasteiger partial charge in [-0.1, -0.05) is 29.8 Å². The van der Waals surface area contributed by atoms with E-state index in [2.05, 4.69) is 46.2 Å². The number of nitrogens with one attached hydrogen (secondary N) is 2. The van der Waals surface area contributed by atoms with E-state index in [1.54, 1.807) is 0 Å². The smallest absolute Gasteiger partial charge is 0.213 e. The summed E-state index contributed by atoms with van der Waals surface area (Å²) in [4.78, 5) is 6.49. The lowest BCUT2D eigenvalue weighted by Crippen LogP contribution is -2.39. The fourth-order valence-electron chi connectivity index (χ4n) is 3.04. The van der Waals surface area contributed by atoms with Crippen molar-refractivity contribution in [2.24, 2.45) is 4.99 Å². The van der Waals surface area contributed by atoms with Crippen LogP contribution >= 0.6 is 0 Å². The van der Waals surface area contributed by atoms with Crippen molar-refractivity contribution in [1.29, 1.82) is 0 Å². The number of hydrogen-bond acceptors (Lipinski definition) is 4. The van der Waals surface area contributed by atoms with Crippen molar-refractivity contribution in [1.82, 2.24) is 14.9 Å². The van der Waals surface area contributed by atoms with Crippen LogP contribution in [0.3, 0.4) is 0 Å². The number of benzene rings is 1. The van der Waals surface area contributed by atoms with Gasteiger partial charge in [0.2, 0.25) is 10.0 Å². The van der Waals surface area contributed by atoms with E-state index in [0.29, 0.717) is 19.0 Å². The third kappa shape index (κ3) is 8.16. The SMILES string of the molecule is CCNC(=NCCS(=O)(=O)NCC1CCCCO1)N(C)Cc1ccc(C)cc1. The minimum atomic E-state index is -3.36. The van der Waals surface area contributed by atoms with E-state index in [4.69, 9.17) is 4.74 Å². The molecule has 1 aliphatic rings. The maximum Gasteiger partial charge on any atom is 0.213 e. The first kappa shape index (κ1) is 22.6. The number of rotatable bonds is 9. The van der Waals surface area contributed by atoms with Crippen molar-refractivity contribution in [3.05, 3.63) is 35.4 Å². The molecule has 158 valence electrons. The first-order valence-electron chi connectivity index (χ1n) is 10.0. The molecular weight excluding hydrogens is 376 g/mol. The molecule has 2 rings (SSSR count). The molecule has 0 radical (unpaired) electrons. The van der Waals surface area contributed by atoms with Crippen LogP contribution in [-0.4, -0.2) is 64.4 Å². The second kappa shape index (κ2) is 11.4. The van der Waals surface area contributed by atoms with Crippen molar-refractivity contribution in [3.63, 3.8) is 0 Å². The van der Waals surface area contributed by atoms with Crippen LogP contribution in [0.25, 0.3) is 0 Å². The van der Waals surface area contributed by atoms with E-state index in [9.17, 15) is 8.42 Å². The quantitative estimate of drug-likeness (QED) is 0.480. The molecule has 0 aliphatic carbocycles. The third-order valence-corrected chi connectivity index (χ3v) is 5.99. The van der Waals surface area contributed by atoms with Gasteiger partial charge >= 0.3 is 0 Å². The Hall–Kier alpha value is -1.64. The summed E-state index contributed by atoms with van der Waals surface area (Å²) in [6.45, 7) is 6.76. The minimum Gasteiger partial charge on any atom is -0.377 e. The lowest BCUT2D eigenvalue weighted by molar-refractivity contribution is 0.0200. The van der Waals surface area contributed by atoms with Crippen LogP contribution in [-0.2, 0) is 21.3 Å². The fourth-order valence-corrected chi connectivity index (χ4v) is 3.96. The Morgan fingerprint density at radius 2 is 2.04 bits per heavy atom. The van der Waals surface area contributed by atoms with Gasteiger partial charge < -0.3 is 15.0 Å². The Kier molecular flexibility index (Phi) is 9.21. The molecule has 1 heterocycles. The van der Waals surface area contributed by atoms with Crippen molar-refractivity contribution in [3.8, 4) is 0 Å². The van der Waals surface area contributed by atoms with Gasteiger partial charge in [-0.2, -0.15) is 0 Å². The van der Waals surface area contributed by atoms with Crippen LogP contribution in [0, 0.1) is 6.92 Å². The molecule has 1 unspecified atom stereocenters. The molecule has 0 spiro atoms. The summed E-state index contributed by atoms with van der Waals surface area (Å²) in [7, 11) is -1.41. The lowest BCUT2D eigenvalue weighted by atomic mass is 10.1. The molecule has 28 heavy (non-hydrogen) atoms. The Bertz CT molecular complexity index is 713. The molecule has 7 nitrogen and oxygen atoms in total. The average molecular weight is 411 g/mol. The van der Waals surface area contributed by atoms with Gasteiger partial charge in [-0.25, -0.2) is 13.1 Å². The third-order valence-electron chi connectivity index (χ3n) is 4.66. The number of guanidine groups is 1. The largest absolute Gasteiger partial charge is 0.377 e. The number of aliphatic imine (C=N–C) groups is 1. The number of hydrogen-bond donors (Lipinski definition) is 2. The summed E-state index contributed by atoms with van der Waals surface area (Å²) < 4.78 is 32.7. The molecule has 8 heteroatoms. The van der Waals surface area contributed by atoms with Gasteiger partial charge in [0.25, 0.3) is 0 Å². The van der Waals surface area contributed by atoms with Gasteiger partial charge in [0.05, 0.1) is 18.4 Å². The van der Waals surface area contributed by atoms with E-state index < -0.39 is 10.0 Å². The average Bonchev–Trinajstić information content (AvgIpc) is 2.68. The van der Waals surface area contributed by atoms with Crippen LogP contribution < -0.4 is 10.0 Å². The van der Waals surface area contributed by atoms with Gasteiger partial charge in [-0.15, -0.1) is 0 Å². The summed E-state index contributed by atoms with van der Waals surface area (Å²) in [5.41, 5.74) is 2.41. The van der Waals surface area contributed by atoms with E-state index in [0.717, 1.165) is 32.4 Å². The second-order valence-corrected chi connectivity index (χ2v) is 9.16. The molecule has 2 N–H and O–H groups in total. The molecule has 1 aliphatic heterocycles. The normalized spacial score (nSPS) is 18.1. The monoisotopic (exact) mass is 410 g/mol. The van der Waals surface area contributed by atoms with Crippen LogP contribution in [0.15, 0.2) is 29.3 Å². The van der Waals surface area contributed by atoms with E-state index >= 15 is 0 Å². The van der Waals surface area contributed by atoms with Gasteiger partial charge in [0, 0.05) is 33.3 Å². The van der Waals surface area contributed by atoms with Gasteiger partial charge in [0.15, 0.2) is 5.96 Å². The zero-order valence-corrected chi connectivity index (χ0v) is 18.1. The standard InChI is InChI=1S/C20H34N4O3S/c1-4-21-20(24(3)16-18-10-8-17(2)9-11-18)22-12-14-28(25,26)23-15-19-7-5-6-13-27-19/h8-11,19,23H,4-7,12-16H2,1-3H3,(H,21,22). The van der Waals surface area contributed by atoms with Crippen LogP contribution in [0.4, 0.5) is 0 Å². The Morgan fingerprint density at radius 3 is 2.68 bits per heavy atom. The summed E-state index contributed by atoms with van der Waals surface area (Å²) in [5.74, 6) is 0.668. The summed E-state index contributed by atoms with van der Waals surface area (Å²) in [5, 5.41) is 3.22. The highest BCUT2D eigenvalue weighted by molar-refractivity contribution is 7.89. The maximum atomic E-state index is 12.2. The second-order valence-electron chi connectivity index (χ2n) is 7.23. The Labute approximate surface area is 169 Å². The first-order valence-corrected chi connectivity index (χ1v) is 11.7. The number of ether oxygens (including phenoxy) is 1. The highest BCUT2D eigenvalue weighted by Crippen LogP contribution is 2.12. The van der Waals surface area contributed by atoms with E-state index in [1.807, 2.05) is 18.9 Å². The molecule has 0 bridgehead atoms. The van der Waals surface area contributed by atoms with E-state index in [1.165, 1.54) is 11.1 Å². The van der Waals surface area contributed by atoms with Crippen molar-refractivity contribution in [2.45, 2.75) is 45.8 Å². The first-order chi connectivity index (χ1) is 13.4. The van der Waals surface area contributed by atoms with E-state index in [-0.39, 0.29) is 18.4 Å². The van der Waals surface area contributed by atoms with Crippen molar-refractivity contribution < 1.29 is 13.2 Å². The fraction of sp³-hybridized carbons (Fsp3) is 0.650. The zero-order chi connectivity index (χ0) is 20.4. The lowest BCUT2D eigenvalue weighted by Gasteiger charge is -2.23. The molecule has 1 aromatic rings. The van der Waals surface area contributed by atoms with Crippen LogP contribution in [0.2, 0.25) is 0 Å². The van der Waals surface area contributed by atoms with Crippen molar-refractivity contribution in [2.75, 3.05) is 39.0 Å². The molecule has 0 saturated carbocycles. The summed E-state index contributed by atoms with van der Waals surface area (Å²) >= 11 is 0. The van der Waals surface area contributed by atoms with Gasteiger partial charge in [0.1, 0.15) is 0 Å². The maximum absolute atomic E-state index is 12.2. The van der Waals surface area contributed by atoms with Crippen LogP contribution in [0.5, 0.6) is 0 Å². The van der Waals surface area contributed by atoms with Crippen molar-refractivity contribution >= 4 is 16.0 Å². The molecule has 1 saturated heterocycles. The zero-order valence-electron chi connectivity index (χ0n) is 17.3. The Balaban J connectivity index is 1.85.